The molecular formula is C15H23BrIN3O. The fourth-order valence-corrected chi connectivity index (χ4v) is 2.68. The Bertz CT molecular complexity index is 478. The molecule has 0 atom stereocenters. The molecule has 0 saturated heterocycles. The molecule has 1 aliphatic rings. The van der Waals surface area contributed by atoms with Gasteiger partial charge in [-0.3, -0.25) is 4.99 Å². The zero-order valence-corrected chi connectivity index (χ0v) is 16.4. The molecule has 0 unspecified atom stereocenters. The Hall–Kier alpha value is -0.340. The first-order chi connectivity index (χ1) is 9.70. The minimum Gasteiger partial charge on any atom is -0.383 e. The van der Waals surface area contributed by atoms with Crippen molar-refractivity contribution in [2.24, 2.45) is 4.99 Å². The van der Waals surface area contributed by atoms with Crippen molar-refractivity contribution < 1.29 is 4.74 Å². The minimum atomic E-state index is 0. The second-order valence-electron chi connectivity index (χ2n) is 5.14. The maximum Gasteiger partial charge on any atom is 0.191 e. The lowest BCUT2D eigenvalue weighted by Gasteiger charge is -2.19. The van der Waals surface area contributed by atoms with Crippen LogP contribution in [0.15, 0.2) is 33.7 Å². The van der Waals surface area contributed by atoms with Crippen molar-refractivity contribution in [3.8, 4) is 0 Å². The molecular weight excluding hydrogens is 445 g/mol. The van der Waals surface area contributed by atoms with Crippen LogP contribution in [0, 0.1) is 0 Å². The van der Waals surface area contributed by atoms with Crippen LogP contribution in [-0.4, -0.2) is 39.8 Å². The summed E-state index contributed by atoms with van der Waals surface area (Å²) in [5, 5.41) is 6.66. The van der Waals surface area contributed by atoms with E-state index in [1.54, 1.807) is 14.2 Å². The number of guanidine groups is 1. The highest BCUT2D eigenvalue weighted by molar-refractivity contribution is 14.0. The van der Waals surface area contributed by atoms with Crippen molar-refractivity contribution in [3.63, 3.8) is 0 Å². The van der Waals surface area contributed by atoms with Gasteiger partial charge in [0, 0.05) is 37.1 Å². The molecule has 0 radical (unpaired) electrons. The molecule has 1 aromatic carbocycles. The van der Waals surface area contributed by atoms with E-state index in [4.69, 9.17) is 4.74 Å². The lowest BCUT2D eigenvalue weighted by molar-refractivity contribution is 0.203. The minimum absolute atomic E-state index is 0. The number of ether oxygens (including phenoxy) is 1. The number of rotatable bonds is 6. The van der Waals surface area contributed by atoms with Gasteiger partial charge in [-0.05, 0) is 30.5 Å². The zero-order valence-electron chi connectivity index (χ0n) is 12.5. The molecule has 1 aliphatic carbocycles. The molecule has 1 aromatic rings. The summed E-state index contributed by atoms with van der Waals surface area (Å²) >= 11 is 3.55. The standard InChI is InChI=1S/C15H22BrN3O.HI/c1-17-14(18-8-9-20-2)19-11-15(6-7-15)12-4-3-5-13(16)10-12;/h3-5,10H,6-9,11H2,1-2H3,(H2,17,18,19);1H. The third-order valence-electron chi connectivity index (χ3n) is 3.71. The molecule has 6 heteroatoms. The van der Waals surface area contributed by atoms with Crippen molar-refractivity contribution >= 4 is 45.9 Å². The summed E-state index contributed by atoms with van der Waals surface area (Å²) in [5.41, 5.74) is 1.66. The maximum atomic E-state index is 5.03. The first-order valence-corrected chi connectivity index (χ1v) is 7.69. The van der Waals surface area contributed by atoms with Gasteiger partial charge in [0.05, 0.1) is 6.61 Å². The lowest BCUT2D eigenvalue weighted by Crippen LogP contribution is -2.42. The fraction of sp³-hybridized carbons (Fsp3) is 0.533. The van der Waals surface area contributed by atoms with E-state index in [1.807, 2.05) is 0 Å². The summed E-state index contributed by atoms with van der Waals surface area (Å²) in [4.78, 5) is 4.23. The van der Waals surface area contributed by atoms with Crippen molar-refractivity contribution in [2.45, 2.75) is 18.3 Å². The van der Waals surface area contributed by atoms with E-state index in [0.717, 1.165) is 23.5 Å². The molecule has 0 aliphatic heterocycles. The molecule has 0 amide bonds. The summed E-state index contributed by atoms with van der Waals surface area (Å²) < 4.78 is 6.17. The summed E-state index contributed by atoms with van der Waals surface area (Å²) in [6, 6.07) is 8.60. The van der Waals surface area contributed by atoms with E-state index < -0.39 is 0 Å². The van der Waals surface area contributed by atoms with Gasteiger partial charge in [0.1, 0.15) is 0 Å². The normalized spacial score (nSPS) is 16.0. The number of methoxy groups -OCH3 is 1. The zero-order chi connectivity index (χ0) is 14.4. The summed E-state index contributed by atoms with van der Waals surface area (Å²) in [6.07, 6.45) is 2.46. The van der Waals surface area contributed by atoms with Gasteiger partial charge >= 0.3 is 0 Å². The predicted octanol–water partition coefficient (Wildman–Crippen LogP) is 2.91. The topological polar surface area (TPSA) is 45.7 Å². The molecule has 1 saturated carbocycles. The highest BCUT2D eigenvalue weighted by Crippen LogP contribution is 2.48. The molecule has 1 fully saturated rings. The molecule has 0 aromatic heterocycles. The largest absolute Gasteiger partial charge is 0.383 e. The van der Waals surface area contributed by atoms with E-state index in [1.165, 1.54) is 18.4 Å². The molecule has 21 heavy (non-hydrogen) atoms. The molecule has 0 spiro atoms. The Morgan fingerprint density at radius 3 is 2.71 bits per heavy atom. The lowest BCUT2D eigenvalue weighted by atomic mass is 9.96. The van der Waals surface area contributed by atoms with Gasteiger partial charge in [0.25, 0.3) is 0 Å². The maximum absolute atomic E-state index is 5.03. The van der Waals surface area contributed by atoms with E-state index in [2.05, 4.69) is 55.8 Å². The Kier molecular flexibility index (Phi) is 7.97. The summed E-state index contributed by atoms with van der Waals surface area (Å²) in [5.74, 6) is 0.836. The van der Waals surface area contributed by atoms with Crippen LogP contribution in [0.25, 0.3) is 0 Å². The number of nitrogens with zero attached hydrogens (tertiary/aromatic N) is 1. The van der Waals surface area contributed by atoms with Gasteiger partial charge < -0.3 is 15.4 Å². The number of hydrogen-bond donors (Lipinski definition) is 2. The van der Waals surface area contributed by atoms with Crippen LogP contribution >= 0.6 is 39.9 Å². The van der Waals surface area contributed by atoms with Gasteiger partial charge in [0.15, 0.2) is 5.96 Å². The second kappa shape index (κ2) is 8.95. The highest BCUT2D eigenvalue weighted by atomic mass is 127. The smallest absolute Gasteiger partial charge is 0.191 e. The van der Waals surface area contributed by atoms with Gasteiger partial charge in [-0.25, -0.2) is 0 Å². The SMILES string of the molecule is CN=C(NCCOC)NCC1(c2cccc(Br)c2)CC1.I. The van der Waals surface area contributed by atoms with E-state index in [-0.39, 0.29) is 29.4 Å². The van der Waals surface area contributed by atoms with Gasteiger partial charge in [-0.15, -0.1) is 24.0 Å². The van der Waals surface area contributed by atoms with E-state index in [9.17, 15) is 0 Å². The average molecular weight is 468 g/mol. The van der Waals surface area contributed by atoms with Crippen LogP contribution in [0.4, 0.5) is 0 Å². The van der Waals surface area contributed by atoms with Crippen LogP contribution in [0.3, 0.4) is 0 Å². The Morgan fingerprint density at radius 1 is 1.38 bits per heavy atom. The Labute approximate surface area is 152 Å². The Balaban J connectivity index is 0.00000220. The molecule has 2 N–H and O–H groups in total. The Morgan fingerprint density at radius 2 is 2.14 bits per heavy atom. The van der Waals surface area contributed by atoms with Crippen LogP contribution < -0.4 is 10.6 Å². The van der Waals surface area contributed by atoms with Gasteiger partial charge in [0.2, 0.25) is 0 Å². The fourth-order valence-electron chi connectivity index (χ4n) is 2.28. The molecule has 0 bridgehead atoms. The number of hydrogen-bond acceptors (Lipinski definition) is 2. The van der Waals surface area contributed by atoms with Crippen LogP contribution in [0.1, 0.15) is 18.4 Å². The van der Waals surface area contributed by atoms with Crippen molar-refractivity contribution in [1.29, 1.82) is 0 Å². The summed E-state index contributed by atoms with van der Waals surface area (Å²) in [7, 11) is 3.49. The number of nitrogens with one attached hydrogen (secondary N) is 2. The van der Waals surface area contributed by atoms with Crippen LogP contribution in [0.2, 0.25) is 0 Å². The quantitative estimate of drug-likeness (QED) is 0.292. The number of halogens is 2. The monoisotopic (exact) mass is 467 g/mol. The van der Waals surface area contributed by atoms with Crippen molar-refractivity contribution in [2.75, 3.05) is 33.9 Å². The first-order valence-electron chi connectivity index (χ1n) is 6.90. The highest BCUT2D eigenvalue weighted by Gasteiger charge is 2.44. The van der Waals surface area contributed by atoms with Crippen molar-refractivity contribution in [1.82, 2.24) is 10.6 Å². The molecule has 118 valence electrons. The van der Waals surface area contributed by atoms with E-state index in [0.29, 0.717) is 6.61 Å². The van der Waals surface area contributed by atoms with Crippen LogP contribution in [-0.2, 0) is 10.2 Å². The predicted molar refractivity (Wildman–Crippen MR) is 102 cm³/mol. The van der Waals surface area contributed by atoms with Gasteiger partial charge in [-0.1, -0.05) is 28.1 Å². The third kappa shape index (κ3) is 5.41. The van der Waals surface area contributed by atoms with Gasteiger partial charge in [-0.2, -0.15) is 0 Å². The summed E-state index contributed by atoms with van der Waals surface area (Å²) in [6.45, 7) is 2.35. The second-order valence-corrected chi connectivity index (χ2v) is 6.05. The number of aliphatic imine (C=N–C) groups is 1. The average Bonchev–Trinajstić information content (AvgIpc) is 3.24. The third-order valence-corrected chi connectivity index (χ3v) is 4.20. The first kappa shape index (κ1) is 18.7. The van der Waals surface area contributed by atoms with E-state index >= 15 is 0 Å². The van der Waals surface area contributed by atoms with Crippen molar-refractivity contribution in [3.05, 3.63) is 34.3 Å². The molecule has 0 heterocycles. The molecule has 4 nitrogen and oxygen atoms in total. The molecule has 2 rings (SSSR count). The number of benzene rings is 1. The van der Waals surface area contributed by atoms with Crippen LogP contribution in [0.5, 0.6) is 0 Å².